The van der Waals surface area contributed by atoms with Gasteiger partial charge in [-0.3, -0.25) is 4.79 Å². The lowest BCUT2D eigenvalue weighted by Crippen LogP contribution is -2.29. The molecule has 0 saturated carbocycles. The van der Waals surface area contributed by atoms with Gasteiger partial charge in [0.2, 0.25) is 15.9 Å². The Bertz CT molecular complexity index is 1140. The minimum absolute atomic E-state index is 0.158. The monoisotopic (exact) mass is 441 g/mol. The van der Waals surface area contributed by atoms with Gasteiger partial charge in [0.15, 0.2) is 5.82 Å². The number of aryl methyl sites for hydroxylation is 1. The largest absolute Gasteiger partial charge is 0.367 e. The molecule has 0 saturated heterocycles. The minimum Gasteiger partial charge on any atom is -0.367 e. The number of hydrogen-bond acceptors (Lipinski definition) is 8. The number of nitrogens with one attached hydrogen (secondary N) is 4. The molecule has 3 aromatic rings. The molecule has 0 fully saturated rings. The van der Waals surface area contributed by atoms with Gasteiger partial charge < -0.3 is 16.0 Å². The van der Waals surface area contributed by atoms with E-state index >= 15 is 0 Å². The number of nitrogens with zero attached hydrogens (tertiary/aromatic N) is 3. The van der Waals surface area contributed by atoms with Crippen molar-refractivity contribution in [2.45, 2.75) is 18.7 Å². The number of pyridine rings is 1. The zero-order chi connectivity index (χ0) is 22.3. The molecule has 0 unspecified atom stereocenters. The van der Waals surface area contributed by atoms with Gasteiger partial charge in [-0.2, -0.15) is 0 Å². The van der Waals surface area contributed by atoms with Crippen LogP contribution in [0.3, 0.4) is 0 Å². The molecule has 2 aromatic heterocycles. The highest BCUT2D eigenvalue weighted by Gasteiger charge is 2.16. The van der Waals surface area contributed by atoms with Gasteiger partial charge in [-0.1, -0.05) is 6.07 Å². The van der Waals surface area contributed by atoms with E-state index in [1.165, 1.54) is 13.0 Å². The Morgan fingerprint density at radius 1 is 0.968 bits per heavy atom. The molecule has 31 heavy (non-hydrogen) atoms. The van der Waals surface area contributed by atoms with Gasteiger partial charge >= 0.3 is 0 Å². The Morgan fingerprint density at radius 2 is 1.74 bits per heavy atom. The van der Waals surface area contributed by atoms with Crippen molar-refractivity contribution in [3.05, 3.63) is 60.3 Å². The second-order valence-electron chi connectivity index (χ2n) is 6.63. The van der Waals surface area contributed by atoms with E-state index in [1.54, 1.807) is 37.4 Å². The maximum Gasteiger partial charge on any atom is 0.240 e. The molecule has 1 amide bonds. The zero-order valence-corrected chi connectivity index (χ0v) is 17.9. The summed E-state index contributed by atoms with van der Waals surface area (Å²) >= 11 is 0. The second-order valence-corrected chi connectivity index (χ2v) is 8.37. The van der Waals surface area contributed by atoms with E-state index in [9.17, 15) is 13.2 Å². The summed E-state index contributed by atoms with van der Waals surface area (Å²) in [5.74, 6) is 1.50. The molecule has 10 nitrogen and oxygen atoms in total. The second kappa shape index (κ2) is 9.96. The lowest BCUT2D eigenvalue weighted by atomic mass is 10.2. The SMILES string of the molecule is CC(=O)Nc1ccc(S(=O)(=O)NCCNc2ccc(Nc3ccccn3)nn2)c(C)c1. The molecule has 0 bridgehead atoms. The van der Waals surface area contributed by atoms with Gasteiger partial charge in [-0.05, 0) is 55.0 Å². The van der Waals surface area contributed by atoms with Gasteiger partial charge in [0.25, 0.3) is 0 Å². The standard InChI is InChI=1S/C20H23N7O3S/c1-14-13-16(24-15(2)28)6-7-17(14)31(29,30)23-12-11-22-19-8-9-20(27-26-19)25-18-5-3-4-10-21-18/h3-10,13,23H,11-12H2,1-2H3,(H,22,26)(H,24,28)(H,21,25,27). The Hall–Kier alpha value is -3.57. The molecule has 4 N–H and O–H groups in total. The van der Waals surface area contributed by atoms with Gasteiger partial charge in [-0.25, -0.2) is 18.1 Å². The first-order valence-electron chi connectivity index (χ1n) is 9.47. The first-order valence-corrected chi connectivity index (χ1v) is 11.0. The van der Waals surface area contributed by atoms with Crippen LogP contribution in [0.25, 0.3) is 0 Å². The predicted octanol–water partition coefficient (Wildman–Crippen LogP) is 2.27. The Balaban J connectivity index is 1.50. The van der Waals surface area contributed by atoms with Crippen LogP contribution in [0.2, 0.25) is 0 Å². The average molecular weight is 442 g/mol. The lowest BCUT2D eigenvalue weighted by molar-refractivity contribution is -0.114. The number of rotatable bonds is 9. The fraction of sp³-hybridized carbons (Fsp3) is 0.200. The molecule has 0 aliphatic heterocycles. The van der Waals surface area contributed by atoms with Crippen LogP contribution in [-0.2, 0) is 14.8 Å². The minimum atomic E-state index is -3.69. The van der Waals surface area contributed by atoms with Crippen molar-refractivity contribution >= 4 is 39.1 Å². The maximum atomic E-state index is 12.5. The Morgan fingerprint density at radius 3 is 2.39 bits per heavy atom. The zero-order valence-electron chi connectivity index (χ0n) is 17.1. The van der Waals surface area contributed by atoms with E-state index in [2.05, 4.69) is 35.9 Å². The summed E-state index contributed by atoms with van der Waals surface area (Å²) in [6, 6.07) is 13.6. The Labute approximate surface area is 180 Å². The van der Waals surface area contributed by atoms with E-state index in [1.807, 2.05) is 18.2 Å². The number of aromatic nitrogens is 3. The van der Waals surface area contributed by atoms with Crippen molar-refractivity contribution in [1.29, 1.82) is 0 Å². The topological polar surface area (TPSA) is 138 Å². The maximum absolute atomic E-state index is 12.5. The van der Waals surface area contributed by atoms with Crippen molar-refractivity contribution in [2.75, 3.05) is 29.0 Å². The van der Waals surface area contributed by atoms with Crippen LogP contribution < -0.4 is 20.7 Å². The first-order chi connectivity index (χ1) is 14.8. The summed E-state index contributed by atoms with van der Waals surface area (Å²) in [5, 5.41) is 16.8. The fourth-order valence-corrected chi connectivity index (χ4v) is 4.00. The van der Waals surface area contributed by atoms with Crippen molar-refractivity contribution in [3.8, 4) is 0 Å². The van der Waals surface area contributed by atoms with Crippen molar-refractivity contribution in [1.82, 2.24) is 19.9 Å². The number of benzene rings is 1. The van der Waals surface area contributed by atoms with Crippen LogP contribution in [0.1, 0.15) is 12.5 Å². The number of sulfonamides is 1. The van der Waals surface area contributed by atoms with Crippen molar-refractivity contribution in [3.63, 3.8) is 0 Å². The third-order valence-corrected chi connectivity index (χ3v) is 5.71. The molecule has 1 aromatic carbocycles. The predicted molar refractivity (Wildman–Crippen MR) is 119 cm³/mol. The molecule has 162 valence electrons. The smallest absolute Gasteiger partial charge is 0.240 e. The number of carbonyl (C=O) groups is 1. The summed E-state index contributed by atoms with van der Waals surface area (Å²) in [7, 11) is -3.69. The molecule has 0 spiro atoms. The molecule has 0 radical (unpaired) electrons. The summed E-state index contributed by atoms with van der Waals surface area (Å²) in [6.45, 7) is 3.55. The summed E-state index contributed by atoms with van der Waals surface area (Å²) in [6.07, 6.45) is 1.67. The number of hydrogen-bond donors (Lipinski definition) is 4. The molecule has 0 atom stereocenters. The molecule has 2 heterocycles. The number of anilines is 4. The molecule has 0 aliphatic carbocycles. The van der Waals surface area contributed by atoms with E-state index in [-0.39, 0.29) is 17.3 Å². The summed E-state index contributed by atoms with van der Waals surface area (Å²) in [5.41, 5.74) is 1.08. The van der Waals surface area contributed by atoms with Crippen LogP contribution in [-0.4, -0.2) is 42.6 Å². The van der Waals surface area contributed by atoms with E-state index < -0.39 is 10.0 Å². The van der Waals surface area contributed by atoms with Crippen LogP contribution in [0, 0.1) is 6.92 Å². The third-order valence-electron chi connectivity index (χ3n) is 4.09. The molecule has 0 aliphatic rings. The van der Waals surface area contributed by atoms with E-state index in [0.717, 1.165) is 0 Å². The molecular weight excluding hydrogens is 418 g/mol. The van der Waals surface area contributed by atoms with E-state index in [4.69, 9.17) is 0 Å². The highest BCUT2D eigenvalue weighted by Crippen LogP contribution is 2.19. The number of amides is 1. The Kier molecular flexibility index (Phi) is 7.11. The first kappa shape index (κ1) is 22.1. The van der Waals surface area contributed by atoms with E-state index in [0.29, 0.717) is 35.2 Å². The van der Waals surface area contributed by atoms with Crippen LogP contribution >= 0.6 is 0 Å². The lowest BCUT2D eigenvalue weighted by Gasteiger charge is -2.12. The van der Waals surface area contributed by atoms with Gasteiger partial charge in [0.05, 0.1) is 4.90 Å². The third kappa shape index (κ3) is 6.46. The van der Waals surface area contributed by atoms with Crippen molar-refractivity contribution < 1.29 is 13.2 Å². The molecule has 3 rings (SSSR count). The highest BCUT2D eigenvalue weighted by molar-refractivity contribution is 7.89. The molecule has 11 heteroatoms. The highest BCUT2D eigenvalue weighted by atomic mass is 32.2. The summed E-state index contributed by atoms with van der Waals surface area (Å²) < 4.78 is 27.6. The number of carbonyl (C=O) groups excluding carboxylic acids is 1. The fourth-order valence-electron chi connectivity index (χ4n) is 2.75. The average Bonchev–Trinajstić information content (AvgIpc) is 2.72. The quantitative estimate of drug-likeness (QED) is 0.371. The van der Waals surface area contributed by atoms with Crippen LogP contribution in [0.5, 0.6) is 0 Å². The van der Waals surface area contributed by atoms with Crippen LogP contribution in [0.15, 0.2) is 59.6 Å². The molecular formula is C20H23N7O3S. The van der Waals surface area contributed by atoms with Crippen LogP contribution in [0.4, 0.5) is 23.1 Å². The summed E-state index contributed by atoms with van der Waals surface area (Å²) in [4.78, 5) is 15.4. The van der Waals surface area contributed by atoms with Gasteiger partial charge in [-0.15, -0.1) is 10.2 Å². The van der Waals surface area contributed by atoms with Gasteiger partial charge in [0, 0.05) is 31.9 Å². The van der Waals surface area contributed by atoms with Crippen molar-refractivity contribution in [2.24, 2.45) is 0 Å². The normalized spacial score (nSPS) is 11.0. The van der Waals surface area contributed by atoms with Gasteiger partial charge in [0.1, 0.15) is 11.6 Å².